The number of hydrogen-bond acceptors (Lipinski definition) is 7. The Kier molecular flexibility index (Phi) is 8.64. The van der Waals surface area contributed by atoms with Gasteiger partial charge in [-0.1, -0.05) is 24.3 Å². The number of cyclic esters (lactones) is 1. The number of anilines is 1. The average Bonchev–Trinajstić information content (AvgIpc) is 2.98. The normalized spacial score (nSPS) is 19.7. The molecule has 9 nitrogen and oxygen atoms in total. The van der Waals surface area contributed by atoms with Crippen LogP contribution in [-0.2, 0) is 33.9 Å². The molecule has 0 aliphatic carbocycles. The van der Waals surface area contributed by atoms with Gasteiger partial charge in [0.25, 0.3) is 0 Å². The molecule has 2 fully saturated rings. The number of fused-ring (bicyclic) bond motifs is 1. The molecular formula is C29H35N3O6S. The second kappa shape index (κ2) is 12.3. The van der Waals surface area contributed by atoms with E-state index in [-0.39, 0.29) is 30.6 Å². The maximum atomic E-state index is 13.2. The molecule has 0 N–H and O–H groups in total. The molecule has 0 spiro atoms. The second-order valence-electron chi connectivity index (χ2n) is 10.0. The van der Waals surface area contributed by atoms with E-state index in [2.05, 4.69) is 6.58 Å². The van der Waals surface area contributed by atoms with Gasteiger partial charge in [-0.3, -0.25) is 9.69 Å². The van der Waals surface area contributed by atoms with Gasteiger partial charge in [-0.25, -0.2) is 4.79 Å². The monoisotopic (exact) mass is 553 g/mol. The minimum atomic E-state index is -1.14. The van der Waals surface area contributed by atoms with Crippen LogP contribution >= 0.6 is 0 Å². The van der Waals surface area contributed by atoms with E-state index < -0.39 is 11.4 Å². The number of para-hydroxylation sites is 1. The van der Waals surface area contributed by atoms with Crippen LogP contribution in [0.5, 0.6) is 11.5 Å². The van der Waals surface area contributed by atoms with Crippen LogP contribution in [0.3, 0.4) is 0 Å². The van der Waals surface area contributed by atoms with Crippen molar-refractivity contribution in [3.63, 3.8) is 0 Å². The summed E-state index contributed by atoms with van der Waals surface area (Å²) in [5.41, 5.74) is 2.72. The smallest absolute Gasteiger partial charge is 0.414 e. The van der Waals surface area contributed by atoms with Gasteiger partial charge in [-0.15, -0.1) is 4.31 Å². The van der Waals surface area contributed by atoms with Gasteiger partial charge in [0.2, 0.25) is 5.91 Å². The maximum absolute atomic E-state index is 13.2. The number of rotatable bonds is 8. The molecule has 1 unspecified atom stereocenters. The van der Waals surface area contributed by atoms with Crippen LogP contribution in [0.4, 0.5) is 10.5 Å². The molecule has 10 heteroatoms. The van der Waals surface area contributed by atoms with Gasteiger partial charge in [0.15, 0.2) is 0 Å². The first-order valence-electron chi connectivity index (χ1n) is 13.4. The molecule has 0 radical (unpaired) electrons. The predicted molar refractivity (Wildman–Crippen MR) is 149 cm³/mol. The first-order chi connectivity index (χ1) is 19.0. The summed E-state index contributed by atoms with van der Waals surface area (Å²) >= 11 is -1.14. The maximum Gasteiger partial charge on any atom is 0.414 e. The van der Waals surface area contributed by atoms with Crippen LogP contribution in [0, 0.1) is 0 Å². The van der Waals surface area contributed by atoms with Crippen LogP contribution < -0.4 is 14.4 Å². The summed E-state index contributed by atoms with van der Waals surface area (Å²) < 4.78 is 31.0. The van der Waals surface area contributed by atoms with E-state index in [1.54, 1.807) is 12.0 Å². The Balaban J connectivity index is 1.15. The molecule has 0 bridgehead atoms. The first kappa shape index (κ1) is 27.4. The summed E-state index contributed by atoms with van der Waals surface area (Å²) in [6.45, 7) is 6.43. The van der Waals surface area contributed by atoms with Gasteiger partial charge in [0.1, 0.15) is 29.6 Å². The molecule has 2 aromatic rings. The molecule has 3 heterocycles. The number of methoxy groups -OCH3 is 1. The zero-order chi connectivity index (χ0) is 27.4. The van der Waals surface area contributed by atoms with Gasteiger partial charge in [-0.05, 0) is 31.6 Å². The van der Waals surface area contributed by atoms with E-state index in [1.807, 2.05) is 51.7 Å². The van der Waals surface area contributed by atoms with E-state index in [0.717, 1.165) is 29.7 Å². The number of carbonyl (C=O) groups excluding carboxylic acids is 2. The summed E-state index contributed by atoms with van der Waals surface area (Å²) in [6, 6.07) is 13.4. The number of nitrogens with zero attached hydrogens (tertiary/aromatic N) is 3. The summed E-state index contributed by atoms with van der Waals surface area (Å²) in [7, 11) is 1.59. The Morgan fingerprint density at radius 2 is 1.87 bits per heavy atom. The van der Waals surface area contributed by atoms with Gasteiger partial charge in [0, 0.05) is 62.3 Å². The lowest BCUT2D eigenvalue weighted by molar-refractivity contribution is -0.131. The third-order valence-electron chi connectivity index (χ3n) is 7.68. The number of benzene rings is 2. The van der Waals surface area contributed by atoms with Crippen molar-refractivity contribution in [1.82, 2.24) is 9.21 Å². The fraction of sp³-hybridized carbons (Fsp3) is 0.448. The van der Waals surface area contributed by atoms with Crippen LogP contribution in [0.1, 0.15) is 36.8 Å². The number of ether oxygens (including phenoxy) is 3. The summed E-state index contributed by atoms with van der Waals surface area (Å²) in [5.74, 6) is 1.35. The largest absolute Gasteiger partial charge is 0.593 e. The van der Waals surface area contributed by atoms with Crippen molar-refractivity contribution in [2.45, 2.75) is 50.9 Å². The fourth-order valence-electron chi connectivity index (χ4n) is 5.54. The number of carbonyl (C=O) groups is 2. The quantitative estimate of drug-likeness (QED) is 0.456. The first-order valence-corrected chi connectivity index (χ1v) is 14.6. The summed E-state index contributed by atoms with van der Waals surface area (Å²) in [4.78, 5) is 29.4. The third kappa shape index (κ3) is 6.18. The number of amides is 2. The lowest BCUT2D eigenvalue weighted by Crippen LogP contribution is -2.50. The van der Waals surface area contributed by atoms with Crippen LogP contribution in [0.15, 0.2) is 54.5 Å². The summed E-state index contributed by atoms with van der Waals surface area (Å²) in [5, 5.41) is 1.46. The molecule has 3 aliphatic rings. The van der Waals surface area contributed by atoms with Crippen molar-refractivity contribution in [3.8, 4) is 11.5 Å². The van der Waals surface area contributed by atoms with Gasteiger partial charge in [0.05, 0.1) is 30.6 Å². The lowest BCUT2D eigenvalue weighted by atomic mass is 10.00. The Bertz CT molecular complexity index is 1190. The number of hydrogen-bond donors (Lipinski definition) is 0. The van der Waals surface area contributed by atoms with Crippen LogP contribution in [0.2, 0.25) is 0 Å². The Morgan fingerprint density at radius 3 is 2.59 bits per heavy atom. The fourth-order valence-corrected chi connectivity index (χ4v) is 6.32. The Labute approximate surface area is 232 Å². The van der Waals surface area contributed by atoms with E-state index >= 15 is 0 Å². The van der Waals surface area contributed by atoms with Crippen molar-refractivity contribution < 1.29 is 28.4 Å². The standard InChI is InChI=1S/C29H35N3O6S/c1-3-39(35)31-16-12-24(13-17-31)38-25-9-8-21(27(19-25)36-2)18-28(33)30-14-10-23(11-15-30)32-26-7-5-4-6-22(26)20-37-29(32)34/h3-9,19,23-24H,1,10-18,20H2,2H3. The highest BCUT2D eigenvalue weighted by atomic mass is 32.2. The topological polar surface area (TPSA) is 94.6 Å². The zero-order valence-corrected chi connectivity index (χ0v) is 23.1. The molecule has 1 atom stereocenters. The number of piperidine rings is 2. The van der Waals surface area contributed by atoms with Crippen LogP contribution in [0.25, 0.3) is 0 Å². The summed E-state index contributed by atoms with van der Waals surface area (Å²) in [6.07, 6.45) is 2.89. The van der Waals surface area contributed by atoms with Gasteiger partial charge in [-0.2, -0.15) is 0 Å². The molecular weight excluding hydrogens is 518 g/mol. The van der Waals surface area contributed by atoms with Gasteiger partial charge < -0.3 is 23.7 Å². The van der Waals surface area contributed by atoms with Crippen molar-refractivity contribution in [1.29, 1.82) is 0 Å². The molecule has 2 aromatic carbocycles. The highest BCUT2D eigenvalue weighted by Gasteiger charge is 2.35. The van der Waals surface area contributed by atoms with Crippen molar-refractivity contribution >= 4 is 29.0 Å². The number of likely N-dealkylation sites (tertiary alicyclic amines) is 1. The molecule has 0 saturated carbocycles. The minimum absolute atomic E-state index is 0.00222. The molecule has 208 valence electrons. The second-order valence-corrected chi connectivity index (χ2v) is 11.4. The average molecular weight is 554 g/mol. The van der Waals surface area contributed by atoms with E-state index in [0.29, 0.717) is 57.1 Å². The van der Waals surface area contributed by atoms with Crippen molar-refractivity contribution in [3.05, 3.63) is 65.6 Å². The molecule has 2 amide bonds. The highest BCUT2D eigenvalue weighted by molar-refractivity contribution is 7.92. The van der Waals surface area contributed by atoms with E-state index in [1.165, 1.54) is 5.41 Å². The lowest BCUT2D eigenvalue weighted by Gasteiger charge is -2.40. The third-order valence-corrected chi connectivity index (χ3v) is 8.84. The zero-order valence-electron chi connectivity index (χ0n) is 22.3. The minimum Gasteiger partial charge on any atom is -0.593 e. The molecule has 39 heavy (non-hydrogen) atoms. The Hall–Kier alpha value is -3.21. The Morgan fingerprint density at radius 1 is 1.13 bits per heavy atom. The predicted octanol–water partition coefficient (Wildman–Crippen LogP) is 4.04. The molecule has 0 aromatic heterocycles. The van der Waals surface area contributed by atoms with E-state index in [9.17, 15) is 14.1 Å². The molecule has 5 rings (SSSR count). The van der Waals surface area contributed by atoms with Gasteiger partial charge >= 0.3 is 6.09 Å². The van der Waals surface area contributed by atoms with Crippen molar-refractivity contribution in [2.24, 2.45) is 0 Å². The van der Waals surface area contributed by atoms with Crippen molar-refractivity contribution in [2.75, 3.05) is 38.2 Å². The highest BCUT2D eigenvalue weighted by Crippen LogP contribution is 2.32. The van der Waals surface area contributed by atoms with Crippen LogP contribution in [-0.4, -0.2) is 71.2 Å². The SMILES string of the molecule is C=C[S+]([O-])N1CCC(Oc2ccc(CC(=O)N3CCC(N4C(=O)OCc5ccccc54)CC3)c(OC)c2)CC1. The molecule has 2 saturated heterocycles. The molecule has 3 aliphatic heterocycles. The van der Waals surface area contributed by atoms with E-state index in [4.69, 9.17) is 14.2 Å².